The van der Waals surface area contributed by atoms with Crippen molar-refractivity contribution in [2.45, 2.75) is 12.8 Å². The number of hydrogen-bond acceptors (Lipinski definition) is 3. The van der Waals surface area contributed by atoms with Crippen LogP contribution in [-0.2, 0) is 0 Å². The Morgan fingerprint density at radius 1 is 1.40 bits per heavy atom. The molecule has 0 aromatic heterocycles. The molecular formula is C7H16N2O. The van der Waals surface area contributed by atoms with E-state index in [1.165, 1.54) is 0 Å². The summed E-state index contributed by atoms with van der Waals surface area (Å²) in [5.41, 5.74) is 5.59. The fourth-order valence-corrected chi connectivity index (χ4v) is 1.38. The molecule has 0 spiro atoms. The molecule has 60 valence electrons. The third kappa shape index (κ3) is 1.48. The van der Waals surface area contributed by atoms with Crippen molar-refractivity contribution in [3.63, 3.8) is 0 Å². The zero-order valence-electron chi connectivity index (χ0n) is 6.27. The molecule has 0 amide bonds. The maximum absolute atomic E-state index is 9.03. The molecule has 0 aromatic rings. The van der Waals surface area contributed by atoms with Crippen molar-refractivity contribution in [3.8, 4) is 0 Å². The summed E-state index contributed by atoms with van der Waals surface area (Å²) in [7, 11) is 0. The number of nitrogens with two attached hydrogens (primary N) is 1. The second-order valence-corrected chi connectivity index (χ2v) is 3.11. The molecule has 1 aliphatic heterocycles. The van der Waals surface area contributed by atoms with Gasteiger partial charge in [-0.2, -0.15) is 0 Å². The van der Waals surface area contributed by atoms with Gasteiger partial charge in [0, 0.05) is 18.6 Å². The molecule has 1 heterocycles. The molecule has 10 heavy (non-hydrogen) atoms. The van der Waals surface area contributed by atoms with Crippen LogP contribution in [0.1, 0.15) is 12.8 Å². The lowest BCUT2D eigenvalue weighted by molar-refractivity contribution is 0.0973. The summed E-state index contributed by atoms with van der Waals surface area (Å²) < 4.78 is 0. The van der Waals surface area contributed by atoms with Crippen LogP contribution in [0, 0.1) is 5.41 Å². The van der Waals surface area contributed by atoms with Crippen molar-refractivity contribution in [1.82, 2.24) is 5.32 Å². The molecule has 1 rings (SSSR count). The number of hydrogen-bond donors (Lipinski definition) is 3. The van der Waals surface area contributed by atoms with Gasteiger partial charge in [-0.3, -0.25) is 0 Å². The minimum atomic E-state index is 0.0330. The van der Waals surface area contributed by atoms with Gasteiger partial charge in [-0.25, -0.2) is 0 Å². The number of nitrogens with one attached hydrogen (secondary N) is 1. The maximum Gasteiger partial charge on any atom is 0.0500 e. The first-order valence-corrected chi connectivity index (χ1v) is 3.85. The molecule has 1 saturated heterocycles. The van der Waals surface area contributed by atoms with Crippen LogP contribution in [0.4, 0.5) is 0 Å². The molecular weight excluding hydrogens is 128 g/mol. The summed E-state index contributed by atoms with van der Waals surface area (Å²) in [4.78, 5) is 0. The predicted molar refractivity (Wildman–Crippen MR) is 40.7 cm³/mol. The van der Waals surface area contributed by atoms with Gasteiger partial charge >= 0.3 is 0 Å². The third-order valence-corrected chi connectivity index (χ3v) is 2.43. The van der Waals surface area contributed by atoms with Crippen molar-refractivity contribution in [2.75, 3.05) is 26.2 Å². The van der Waals surface area contributed by atoms with E-state index >= 15 is 0 Å². The first kappa shape index (κ1) is 7.98. The molecule has 0 bridgehead atoms. The van der Waals surface area contributed by atoms with Gasteiger partial charge in [-0.15, -0.1) is 0 Å². The van der Waals surface area contributed by atoms with E-state index in [0.717, 1.165) is 25.9 Å². The Morgan fingerprint density at radius 3 is 2.30 bits per heavy atom. The van der Waals surface area contributed by atoms with Gasteiger partial charge in [0.2, 0.25) is 0 Å². The van der Waals surface area contributed by atoms with Crippen molar-refractivity contribution in [2.24, 2.45) is 11.1 Å². The first-order chi connectivity index (χ1) is 4.83. The van der Waals surface area contributed by atoms with E-state index in [1.54, 1.807) is 0 Å². The van der Waals surface area contributed by atoms with E-state index < -0.39 is 0 Å². The number of aliphatic hydroxyl groups is 1. The quantitative estimate of drug-likeness (QED) is 0.480. The Kier molecular flexibility index (Phi) is 2.65. The van der Waals surface area contributed by atoms with Gasteiger partial charge < -0.3 is 16.2 Å². The normalized spacial score (nSPS) is 24.6. The first-order valence-electron chi connectivity index (χ1n) is 3.85. The molecule has 1 aliphatic rings. The van der Waals surface area contributed by atoms with E-state index in [9.17, 15) is 0 Å². The van der Waals surface area contributed by atoms with Crippen molar-refractivity contribution in [1.29, 1.82) is 0 Å². The van der Waals surface area contributed by atoms with Crippen LogP contribution in [0.3, 0.4) is 0 Å². The number of aliphatic hydroxyl groups excluding tert-OH is 1. The van der Waals surface area contributed by atoms with Crippen molar-refractivity contribution < 1.29 is 5.11 Å². The highest BCUT2D eigenvalue weighted by molar-refractivity contribution is 4.84. The summed E-state index contributed by atoms with van der Waals surface area (Å²) in [5, 5.41) is 12.3. The highest BCUT2D eigenvalue weighted by Gasteiger charge is 2.29. The van der Waals surface area contributed by atoms with E-state index in [4.69, 9.17) is 10.8 Å². The van der Waals surface area contributed by atoms with Gasteiger partial charge in [0.25, 0.3) is 0 Å². The zero-order chi connectivity index (χ0) is 7.45. The van der Waals surface area contributed by atoms with E-state index in [0.29, 0.717) is 6.54 Å². The topological polar surface area (TPSA) is 58.3 Å². The van der Waals surface area contributed by atoms with Gasteiger partial charge in [0.1, 0.15) is 0 Å². The summed E-state index contributed by atoms with van der Waals surface area (Å²) in [6, 6.07) is 0. The highest BCUT2D eigenvalue weighted by atomic mass is 16.3. The lowest BCUT2D eigenvalue weighted by Crippen LogP contribution is -2.43. The fraction of sp³-hybridized carbons (Fsp3) is 1.00. The number of piperidine rings is 1. The van der Waals surface area contributed by atoms with Gasteiger partial charge in [-0.05, 0) is 25.9 Å². The van der Waals surface area contributed by atoms with Gasteiger partial charge in [-0.1, -0.05) is 0 Å². The smallest absolute Gasteiger partial charge is 0.0500 e. The SMILES string of the molecule is NCC1(CO)CCNCC1. The molecule has 0 aromatic carbocycles. The summed E-state index contributed by atoms with van der Waals surface area (Å²) >= 11 is 0. The van der Waals surface area contributed by atoms with Crippen LogP contribution in [0.5, 0.6) is 0 Å². The Hall–Kier alpha value is -0.120. The van der Waals surface area contributed by atoms with Gasteiger partial charge in [0.15, 0.2) is 0 Å². The van der Waals surface area contributed by atoms with Crippen molar-refractivity contribution in [3.05, 3.63) is 0 Å². The minimum Gasteiger partial charge on any atom is -0.396 e. The Balaban J connectivity index is 2.44. The van der Waals surface area contributed by atoms with Crippen LogP contribution >= 0.6 is 0 Å². The lowest BCUT2D eigenvalue weighted by atomic mass is 9.80. The summed E-state index contributed by atoms with van der Waals surface area (Å²) in [6.07, 6.45) is 2.03. The average molecular weight is 144 g/mol. The molecule has 0 unspecified atom stereocenters. The van der Waals surface area contributed by atoms with Gasteiger partial charge in [0.05, 0.1) is 0 Å². The molecule has 0 radical (unpaired) electrons. The van der Waals surface area contributed by atoms with Crippen LogP contribution in [0.15, 0.2) is 0 Å². The van der Waals surface area contributed by atoms with Crippen LogP contribution in [0.2, 0.25) is 0 Å². The fourth-order valence-electron chi connectivity index (χ4n) is 1.38. The monoisotopic (exact) mass is 144 g/mol. The minimum absolute atomic E-state index is 0.0330. The molecule has 3 heteroatoms. The molecule has 0 saturated carbocycles. The summed E-state index contributed by atoms with van der Waals surface area (Å²) in [6.45, 7) is 2.85. The van der Waals surface area contributed by atoms with E-state index in [-0.39, 0.29) is 12.0 Å². The summed E-state index contributed by atoms with van der Waals surface area (Å²) in [5.74, 6) is 0. The number of rotatable bonds is 2. The highest BCUT2D eigenvalue weighted by Crippen LogP contribution is 2.25. The maximum atomic E-state index is 9.03. The average Bonchev–Trinajstić information content (AvgIpc) is 2.06. The Morgan fingerprint density at radius 2 is 2.00 bits per heavy atom. The molecule has 3 nitrogen and oxygen atoms in total. The second kappa shape index (κ2) is 3.32. The Labute approximate surface area is 61.6 Å². The zero-order valence-corrected chi connectivity index (χ0v) is 6.27. The molecule has 1 fully saturated rings. The van der Waals surface area contributed by atoms with E-state index in [2.05, 4.69) is 5.32 Å². The largest absolute Gasteiger partial charge is 0.396 e. The van der Waals surface area contributed by atoms with Crippen LogP contribution in [-0.4, -0.2) is 31.3 Å². The molecule has 4 N–H and O–H groups in total. The van der Waals surface area contributed by atoms with E-state index in [1.807, 2.05) is 0 Å². The third-order valence-electron chi connectivity index (χ3n) is 2.43. The second-order valence-electron chi connectivity index (χ2n) is 3.11. The van der Waals surface area contributed by atoms with Crippen LogP contribution in [0.25, 0.3) is 0 Å². The predicted octanol–water partition coefficient (Wildman–Crippen LogP) is -0.693. The van der Waals surface area contributed by atoms with Crippen molar-refractivity contribution >= 4 is 0 Å². The standard InChI is InChI=1S/C7H16N2O/c8-5-7(6-10)1-3-9-4-2-7/h9-10H,1-6,8H2. The molecule has 0 atom stereocenters. The molecule has 0 aliphatic carbocycles. The lowest BCUT2D eigenvalue weighted by Gasteiger charge is -2.34. The van der Waals surface area contributed by atoms with Crippen LogP contribution < -0.4 is 11.1 Å². The Bertz CT molecular complexity index is 93.8.